The Balaban J connectivity index is 1.81. The number of aromatic nitrogens is 2. The van der Waals surface area contributed by atoms with E-state index >= 15 is 0 Å². The SMILES string of the molecule is N=C(N)c1ccc(CNC(=O)Cn2c(-c3ccccc3)c(Cl)nc(NCCCN=C(N)N)c2=O)cc1. The number of nitrogen functional groups attached to an aromatic ring is 1. The molecule has 0 fully saturated rings. The van der Waals surface area contributed by atoms with E-state index in [-0.39, 0.29) is 41.8 Å². The lowest BCUT2D eigenvalue weighted by Crippen LogP contribution is -2.34. The summed E-state index contributed by atoms with van der Waals surface area (Å²) >= 11 is 6.49. The molecule has 0 saturated carbocycles. The highest BCUT2D eigenvalue weighted by molar-refractivity contribution is 6.32. The van der Waals surface area contributed by atoms with Gasteiger partial charge in [-0.25, -0.2) is 4.98 Å². The topological polar surface area (TPSA) is 190 Å². The second kappa shape index (κ2) is 12.4. The minimum absolute atomic E-state index is 0.00783. The first kappa shape index (κ1) is 26.2. The van der Waals surface area contributed by atoms with E-state index in [4.69, 9.17) is 34.2 Å². The van der Waals surface area contributed by atoms with Crippen LogP contribution in [0.25, 0.3) is 11.3 Å². The number of rotatable bonds is 11. The molecule has 1 amide bonds. The number of nitrogens with two attached hydrogens (primary N) is 3. The van der Waals surface area contributed by atoms with E-state index in [0.29, 0.717) is 36.3 Å². The van der Waals surface area contributed by atoms with Gasteiger partial charge >= 0.3 is 0 Å². The second-order valence-corrected chi connectivity index (χ2v) is 8.19. The average Bonchev–Trinajstić information content (AvgIpc) is 2.86. The fourth-order valence-corrected chi connectivity index (χ4v) is 3.67. The number of amidine groups is 1. The molecule has 0 unspecified atom stereocenters. The molecule has 3 aromatic rings. The highest BCUT2D eigenvalue weighted by atomic mass is 35.5. The Morgan fingerprint density at radius 2 is 1.78 bits per heavy atom. The quantitative estimate of drug-likeness (QED) is 0.127. The summed E-state index contributed by atoms with van der Waals surface area (Å²) in [5.41, 5.74) is 18.0. The standard InChI is InChI=1S/C24H28ClN9O2/c25-20-19(16-5-2-1-3-6-16)34(23(36)22(33-20)30-11-4-12-31-24(28)29)14-18(35)32-13-15-7-9-17(10-8-15)21(26)27/h1-3,5-10H,4,11-14H2,(H3,26,27)(H,30,33)(H,32,35)(H4,28,29,31). The van der Waals surface area contributed by atoms with Crippen molar-refractivity contribution in [2.45, 2.75) is 19.5 Å². The van der Waals surface area contributed by atoms with Crippen molar-refractivity contribution in [1.82, 2.24) is 14.9 Å². The van der Waals surface area contributed by atoms with Crippen LogP contribution < -0.4 is 33.4 Å². The maximum Gasteiger partial charge on any atom is 0.294 e. The molecule has 0 bridgehead atoms. The molecule has 188 valence electrons. The molecule has 0 spiro atoms. The average molecular weight is 510 g/mol. The Hall–Kier alpha value is -4.38. The number of aliphatic imine (C=N–C) groups is 1. The molecule has 11 nitrogen and oxygen atoms in total. The van der Waals surface area contributed by atoms with E-state index in [9.17, 15) is 9.59 Å². The van der Waals surface area contributed by atoms with E-state index in [1.54, 1.807) is 48.5 Å². The number of carbonyl (C=O) groups is 1. The van der Waals surface area contributed by atoms with Gasteiger partial charge in [0.25, 0.3) is 5.56 Å². The van der Waals surface area contributed by atoms with Crippen LogP contribution >= 0.6 is 11.6 Å². The predicted molar refractivity (Wildman–Crippen MR) is 142 cm³/mol. The Bertz CT molecular complexity index is 1300. The van der Waals surface area contributed by atoms with Gasteiger partial charge in [-0.15, -0.1) is 0 Å². The highest BCUT2D eigenvalue weighted by Gasteiger charge is 2.19. The minimum Gasteiger partial charge on any atom is -0.384 e. The molecule has 3 rings (SSSR count). The highest BCUT2D eigenvalue weighted by Crippen LogP contribution is 2.26. The Morgan fingerprint density at radius 1 is 1.08 bits per heavy atom. The largest absolute Gasteiger partial charge is 0.384 e. The van der Waals surface area contributed by atoms with Crippen molar-refractivity contribution in [3.05, 3.63) is 81.2 Å². The molecule has 1 heterocycles. The summed E-state index contributed by atoms with van der Waals surface area (Å²) in [6.07, 6.45) is 0.556. The molecule has 0 aliphatic carbocycles. The first-order valence-electron chi connectivity index (χ1n) is 11.1. The number of guanidine groups is 1. The number of carbonyl (C=O) groups excluding carboxylic acids is 1. The molecule has 9 N–H and O–H groups in total. The van der Waals surface area contributed by atoms with Crippen LogP contribution in [0.2, 0.25) is 5.15 Å². The molecular weight excluding hydrogens is 482 g/mol. The number of amides is 1. The summed E-state index contributed by atoms with van der Waals surface area (Å²) in [4.78, 5) is 34.3. The van der Waals surface area contributed by atoms with Crippen LogP contribution in [0, 0.1) is 5.41 Å². The molecule has 2 aromatic carbocycles. The van der Waals surface area contributed by atoms with E-state index in [0.717, 1.165) is 5.56 Å². The summed E-state index contributed by atoms with van der Waals surface area (Å²) < 4.78 is 1.30. The zero-order valence-electron chi connectivity index (χ0n) is 19.5. The molecule has 0 aliphatic heterocycles. The minimum atomic E-state index is -0.485. The third kappa shape index (κ3) is 7.06. The van der Waals surface area contributed by atoms with Crippen molar-refractivity contribution in [1.29, 1.82) is 5.41 Å². The Morgan fingerprint density at radius 3 is 2.42 bits per heavy atom. The van der Waals surface area contributed by atoms with Crippen molar-refractivity contribution in [2.75, 3.05) is 18.4 Å². The van der Waals surface area contributed by atoms with Crippen LogP contribution in [0.1, 0.15) is 17.5 Å². The number of benzene rings is 2. The van der Waals surface area contributed by atoms with Crippen LogP contribution in [0.4, 0.5) is 5.82 Å². The predicted octanol–water partition coefficient (Wildman–Crippen LogP) is 1.24. The first-order valence-corrected chi connectivity index (χ1v) is 11.5. The molecule has 1 aromatic heterocycles. The number of halogens is 1. The van der Waals surface area contributed by atoms with E-state index in [2.05, 4.69) is 20.6 Å². The lowest BCUT2D eigenvalue weighted by atomic mass is 10.1. The van der Waals surface area contributed by atoms with Crippen LogP contribution in [-0.4, -0.2) is 40.3 Å². The van der Waals surface area contributed by atoms with Crippen LogP contribution in [-0.2, 0) is 17.9 Å². The van der Waals surface area contributed by atoms with Crippen molar-refractivity contribution < 1.29 is 4.79 Å². The van der Waals surface area contributed by atoms with E-state index in [1.807, 2.05) is 6.07 Å². The molecule has 12 heteroatoms. The fraction of sp³-hybridized carbons (Fsp3) is 0.208. The van der Waals surface area contributed by atoms with Gasteiger partial charge in [0.15, 0.2) is 16.9 Å². The number of hydrogen-bond donors (Lipinski definition) is 6. The van der Waals surface area contributed by atoms with Gasteiger partial charge < -0.3 is 27.8 Å². The summed E-state index contributed by atoms with van der Waals surface area (Å²) in [6, 6.07) is 16.0. The monoisotopic (exact) mass is 509 g/mol. The number of nitrogens with zero attached hydrogens (tertiary/aromatic N) is 3. The van der Waals surface area contributed by atoms with Crippen molar-refractivity contribution >= 4 is 35.1 Å². The van der Waals surface area contributed by atoms with E-state index < -0.39 is 5.56 Å². The first-order chi connectivity index (χ1) is 17.3. The van der Waals surface area contributed by atoms with Gasteiger partial charge in [-0.05, 0) is 12.0 Å². The second-order valence-electron chi connectivity index (χ2n) is 7.83. The lowest BCUT2D eigenvalue weighted by Gasteiger charge is -2.16. The molecular formula is C24H28ClN9O2. The van der Waals surface area contributed by atoms with Gasteiger partial charge in [-0.1, -0.05) is 66.2 Å². The fourth-order valence-electron chi connectivity index (χ4n) is 3.37. The summed E-state index contributed by atoms with van der Waals surface area (Å²) in [5, 5.41) is 13.3. The van der Waals surface area contributed by atoms with Crippen LogP contribution in [0.15, 0.2) is 64.4 Å². The van der Waals surface area contributed by atoms with Crippen molar-refractivity contribution in [3.8, 4) is 11.3 Å². The molecule has 0 aliphatic rings. The third-order valence-electron chi connectivity index (χ3n) is 5.15. The van der Waals surface area contributed by atoms with Crippen LogP contribution in [0.5, 0.6) is 0 Å². The van der Waals surface area contributed by atoms with E-state index in [1.165, 1.54) is 4.57 Å². The lowest BCUT2D eigenvalue weighted by molar-refractivity contribution is -0.121. The number of anilines is 1. The smallest absolute Gasteiger partial charge is 0.294 e. The number of nitrogens with one attached hydrogen (secondary N) is 3. The van der Waals surface area contributed by atoms with Gasteiger partial charge in [0.05, 0.1) is 5.69 Å². The van der Waals surface area contributed by atoms with Gasteiger partial charge in [0.1, 0.15) is 12.4 Å². The van der Waals surface area contributed by atoms with Gasteiger partial charge in [-0.2, -0.15) is 0 Å². The van der Waals surface area contributed by atoms with Gasteiger partial charge in [-0.3, -0.25) is 24.6 Å². The van der Waals surface area contributed by atoms with Crippen LogP contribution in [0.3, 0.4) is 0 Å². The maximum atomic E-state index is 13.3. The van der Waals surface area contributed by atoms with Crippen molar-refractivity contribution in [3.63, 3.8) is 0 Å². The normalized spacial score (nSPS) is 10.5. The zero-order chi connectivity index (χ0) is 26.1. The number of hydrogen-bond acceptors (Lipinski definition) is 6. The molecule has 0 atom stereocenters. The Kier molecular flexibility index (Phi) is 9.01. The molecule has 0 saturated heterocycles. The van der Waals surface area contributed by atoms with Crippen molar-refractivity contribution in [2.24, 2.45) is 22.2 Å². The maximum absolute atomic E-state index is 13.3. The summed E-state index contributed by atoms with van der Waals surface area (Å²) in [7, 11) is 0. The summed E-state index contributed by atoms with van der Waals surface area (Å²) in [5.74, 6) is -0.400. The summed E-state index contributed by atoms with van der Waals surface area (Å²) in [6.45, 7) is 0.734. The van der Waals surface area contributed by atoms with Gasteiger partial charge in [0.2, 0.25) is 5.91 Å². The third-order valence-corrected chi connectivity index (χ3v) is 5.41. The van der Waals surface area contributed by atoms with Gasteiger partial charge in [0, 0.05) is 30.8 Å². The molecule has 0 radical (unpaired) electrons. The molecule has 36 heavy (non-hydrogen) atoms. The zero-order valence-corrected chi connectivity index (χ0v) is 20.3. The Labute approximate surface area is 212 Å².